The number of nitrogens with zero attached hydrogens (tertiary/aromatic N) is 3. The third-order valence-corrected chi connectivity index (χ3v) is 2.88. The first-order chi connectivity index (χ1) is 8.20. The second-order valence-electron chi connectivity index (χ2n) is 3.05. The highest BCUT2D eigenvalue weighted by atomic mass is 32.2. The molecule has 1 amide bonds. The summed E-state index contributed by atoms with van der Waals surface area (Å²) in [6, 6.07) is 3.24. The van der Waals surface area contributed by atoms with Gasteiger partial charge >= 0.3 is 5.91 Å². The quantitative estimate of drug-likeness (QED) is 0.290. The lowest BCUT2D eigenvalue weighted by atomic mass is 10.4. The summed E-state index contributed by atoms with van der Waals surface area (Å²) in [5.74, 6) is 11.3. The fourth-order valence-electron chi connectivity index (χ4n) is 1.12. The Morgan fingerprint density at radius 3 is 3.06 bits per heavy atom. The molecule has 0 saturated heterocycles. The lowest BCUT2D eigenvalue weighted by Gasteiger charge is -1.97. The Morgan fingerprint density at radius 1 is 1.59 bits per heavy atom. The van der Waals surface area contributed by atoms with Crippen molar-refractivity contribution in [2.45, 2.75) is 10.9 Å². The molecular formula is C8H10N6O2S. The van der Waals surface area contributed by atoms with Crippen LogP contribution in [0.3, 0.4) is 0 Å². The molecule has 0 aliphatic rings. The first-order valence-electron chi connectivity index (χ1n) is 4.58. The lowest BCUT2D eigenvalue weighted by Crippen LogP contribution is -2.29. The molecular weight excluding hydrogens is 244 g/mol. The van der Waals surface area contributed by atoms with Gasteiger partial charge in [0.1, 0.15) is 12.1 Å². The van der Waals surface area contributed by atoms with Gasteiger partial charge in [-0.25, -0.2) is 10.5 Å². The highest BCUT2D eigenvalue weighted by Crippen LogP contribution is 2.20. The molecule has 0 spiro atoms. The van der Waals surface area contributed by atoms with Crippen molar-refractivity contribution in [3.63, 3.8) is 0 Å². The molecule has 17 heavy (non-hydrogen) atoms. The Hall–Kier alpha value is -2.00. The summed E-state index contributed by atoms with van der Waals surface area (Å²) < 4.78 is 6.57. The number of nitrogens with two attached hydrogens (primary N) is 2. The molecule has 9 heteroatoms. The van der Waals surface area contributed by atoms with Crippen LogP contribution in [0.2, 0.25) is 0 Å². The fourth-order valence-corrected chi connectivity index (χ4v) is 1.85. The number of carbonyl (C=O) groups excluding carboxylic acids is 1. The molecule has 0 bridgehead atoms. The first-order valence-corrected chi connectivity index (χ1v) is 5.57. The molecule has 0 fully saturated rings. The van der Waals surface area contributed by atoms with Crippen LogP contribution in [0.15, 0.2) is 28.0 Å². The Kier molecular flexibility index (Phi) is 3.30. The number of amides is 1. The van der Waals surface area contributed by atoms with Crippen molar-refractivity contribution in [1.82, 2.24) is 20.3 Å². The molecule has 2 rings (SSSR count). The molecule has 0 radical (unpaired) electrons. The van der Waals surface area contributed by atoms with Crippen LogP contribution in [0, 0.1) is 0 Å². The summed E-state index contributed by atoms with van der Waals surface area (Å²) in [5.41, 5.74) is 1.99. The lowest BCUT2D eigenvalue weighted by molar-refractivity contribution is 0.0924. The van der Waals surface area contributed by atoms with E-state index in [-0.39, 0.29) is 5.76 Å². The largest absolute Gasteiger partial charge is 0.455 e. The molecule has 90 valence electrons. The first kappa shape index (κ1) is 11.5. The number of nitrogen functional groups attached to an aromatic ring is 2. The van der Waals surface area contributed by atoms with E-state index >= 15 is 0 Å². The van der Waals surface area contributed by atoms with Crippen molar-refractivity contribution < 1.29 is 9.21 Å². The van der Waals surface area contributed by atoms with E-state index in [2.05, 4.69) is 10.2 Å². The maximum Gasteiger partial charge on any atom is 0.300 e. The van der Waals surface area contributed by atoms with Crippen LogP contribution in [-0.2, 0) is 5.75 Å². The topological polar surface area (TPSA) is 125 Å². The standard InChI is InChI=1S/C8H10N6O2S/c9-12-7(15)6-2-1-5(16-6)3-17-8-13-11-4-14(8)10/h1-2,4H,3,9-10H2,(H,12,15). The maximum atomic E-state index is 11.1. The molecule has 8 nitrogen and oxygen atoms in total. The number of furan rings is 1. The van der Waals surface area contributed by atoms with Crippen molar-refractivity contribution in [2.24, 2.45) is 5.84 Å². The zero-order chi connectivity index (χ0) is 12.3. The van der Waals surface area contributed by atoms with Gasteiger partial charge in [-0.15, -0.1) is 10.2 Å². The molecule has 0 aromatic carbocycles. The van der Waals surface area contributed by atoms with Crippen molar-refractivity contribution in [3.8, 4) is 0 Å². The van der Waals surface area contributed by atoms with Gasteiger partial charge < -0.3 is 10.3 Å². The van der Waals surface area contributed by atoms with Gasteiger partial charge in [-0.05, 0) is 12.1 Å². The van der Waals surface area contributed by atoms with E-state index < -0.39 is 5.91 Å². The minimum atomic E-state index is -0.469. The summed E-state index contributed by atoms with van der Waals surface area (Å²) in [5, 5.41) is 8.00. The molecule has 0 aliphatic heterocycles. The maximum absolute atomic E-state index is 11.1. The van der Waals surface area contributed by atoms with Crippen LogP contribution in [-0.4, -0.2) is 20.8 Å². The van der Waals surface area contributed by atoms with Crippen LogP contribution in [0.25, 0.3) is 0 Å². The number of thioether (sulfide) groups is 1. The molecule has 2 aromatic heterocycles. The highest BCUT2D eigenvalue weighted by Gasteiger charge is 2.10. The molecule has 0 atom stereocenters. The van der Waals surface area contributed by atoms with Gasteiger partial charge in [0.2, 0.25) is 5.16 Å². The van der Waals surface area contributed by atoms with Gasteiger partial charge in [0.05, 0.1) is 5.75 Å². The predicted octanol–water partition coefficient (Wildman–Crippen LogP) is -0.519. The summed E-state index contributed by atoms with van der Waals surface area (Å²) >= 11 is 1.35. The summed E-state index contributed by atoms with van der Waals surface area (Å²) in [6.45, 7) is 0. The molecule has 0 unspecified atom stereocenters. The SMILES string of the molecule is NNC(=O)c1ccc(CSc2nncn2N)o1. The Morgan fingerprint density at radius 2 is 2.41 bits per heavy atom. The van der Waals surface area contributed by atoms with Crippen LogP contribution in [0.5, 0.6) is 0 Å². The van der Waals surface area contributed by atoms with Crippen LogP contribution in [0.4, 0.5) is 0 Å². The number of hydrazine groups is 1. The minimum Gasteiger partial charge on any atom is -0.455 e. The smallest absolute Gasteiger partial charge is 0.300 e. The average Bonchev–Trinajstić information content (AvgIpc) is 2.94. The third kappa shape index (κ3) is 2.57. The Bertz CT molecular complexity index is 522. The number of hydrogen-bond donors (Lipinski definition) is 3. The number of aromatic nitrogens is 3. The normalized spacial score (nSPS) is 10.4. The zero-order valence-corrected chi connectivity index (χ0v) is 9.48. The molecule has 0 saturated carbocycles. The molecule has 5 N–H and O–H groups in total. The Balaban J connectivity index is 1.98. The predicted molar refractivity (Wildman–Crippen MR) is 60.1 cm³/mol. The van der Waals surface area contributed by atoms with E-state index in [0.29, 0.717) is 16.7 Å². The summed E-state index contributed by atoms with van der Waals surface area (Å²) in [6.07, 6.45) is 1.40. The minimum absolute atomic E-state index is 0.164. The van der Waals surface area contributed by atoms with Crippen LogP contribution >= 0.6 is 11.8 Å². The van der Waals surface area contributed by atoms with Crippen molar-refractivity contribution >= 4 is 17.7 Å². The van der Waals surface area contributed by atoms with E-state index in [4.69, 9.17) is 16.1 Å². The second kappa shape index (κ2) is 4.89. The van der Waals surface area contributed by atoms with Crippen molar-refractivity contribution in [1.29, 1.82) is 0 Å². The van der Waals surface area contributed by atoms with Crippen molar-refractivity contribution in [3.05, 3.63) is 30.0 Å². The van der Waals surface area contributed by atoms with Crippen LogP contribution in [0.1, 0.15) is 16.3 Å². The Labute approximate surface area is 100 Å². The van der Waals surface area contributed by atoms with Gasteiger partial charge in [0.25, 0.3) is 0 Å². The number of rotatable bonds is 4. The fraction of sp³-hybridized carbons (Fsp3) is 0.125. The highest BCUT2D eigenvalue weighted by molar-refractivity contribution is 7.98. The summed E-state index contributed by atoms with van der Waals surface area (Å²) in [4.78, 5) is 11.1. The average molecular weight is 254 g/mol. The molecule has 2 heterocycles. The molecule has 2 aromatic rings. The number of hydrogen-bond acceptors (Lipinski definition) is 7. The van der Waals surface area contributed by atoms with E-state index in [0.717, 1.165) is 0 Å². The molecule has 0 aliphatic carbocycles. The van der Waals surface area contributed by atoms with Gasteiger partial charge in [0.15, 0.2) is 5.76 Å². The van der Waals surface area contributed by atoms with Crippen LogP contribution < -0.4 is 17.1 Å². The van der Waals surface area contributed by atoms with Gasteiger partial charge in [-0.1, -0.05) is 11.8 Å². The van der Waals surface area contributed by atoms with E-state index in [1.807, 2.05) is 5.43 Å². The van der Waals surface area contributed by atoms with Crippen molar-refractivity contribution in [2.75, 3.05) is 5.84 Å². The van der Waals surface area contributed by atoms with Gasteiger partial charge in [-0.3, -0.25) is 10.2 Å². The third-order valence-electron chi connectivity index (χ3n) is 1.90. The second-order valence-corrected chi connectivity index (χ2v) is 3.99. The van der Waals surface area contributed by atoms with Gasteiger partial charge in [0, 0.05) is 0 Å². The van der Waals surface area contributed by atoms with E-state index in [1.165, 1.54) is 22.8 Å². The monoisotopic (exact) mass is 254 g/mol. The zero-order valence-electron chi connectivity index (χ0n) is 8.66. The van der Waals surface area contributed by atoms with E-state index in [9.17, 15) is 4.79 Å². The summed E-state index contributed by atoms with van der Waals surface area (Å²) in [7, 11) is 0. The van der Waals surface area contributed by atoms with E-state index in [1.54, 1.807) is 12.1 Å². The van der Waals surface area contributed by atoms with Gasteiger partial charge in [-0.2, -0.15) is 0 Å². The number of nitrogens with one attached hydrogen (secondary N) is 1. The number of carbonyl (C=O) groups is 1.